The van der Waals surface area contributed by atoms with Crippen LogP contribution in [-0.4, -0.2) is 17.9 Å². The van der Waals surface area contributed by atoms with Gasteiger partial charge in [0.2, 0.25) is 11.8 Å². The first-order valence-corrected chi connectivity index (χ1v) is 7.02. The van der Waals surface area contributed by atoms with E-state index in [4.69, 9.17) is 5.73 Å². The Morgan fingerprint density at radius 2 is 1.78 bits per heavy atom. The zero-order chi connectivity index (χ0) is 16.8. The smallest absolute Gasteiger partial charge is 0.240 e. The molecule has 0 aromatic heterocycles. The number of carbonyl (C=O) groups is 2. The number of primary amides is 1. The number of carbonyl (C=O) groups excluding carboxylic acids is 2. The fourth-order valence-electron chi connectivity index (χ4n) is 2.17. The third-order valence-corrected chi connectivity index (χ3v) is 3.32. The van der Waals surface area contributed by atoms with Gasteiger partial charge in [0.05, 0.1) is 6.42 Å². The lowest BCUT2D eigenvalue weighted by Crippen LogP contribution is -2.46. The standard InChI is InChI=1S/C17H16F2N2O2/c18-13-6-7-14(19)12(9-13)10-16(22)21-15(17(20)23)8-11-4-2-1-3-5-11/h1-7,9,15H,8,10H2,(H2,20,23)(H,21,22). The molecule has 0 aliphatic heterocycles. The maximum absolute atomic E-state index is 13.5. The zero-order valence-electron chi connectivity index (χ0n) is 12.3. The van der Waals surface area contributed by atoms with E-state index in [1.54, 1.807) is 24.3 Å². The van der Waals surface area contributed by atoms with E-state index < -0.39 is 29.5 Å². The van der Waals surface area contributed by atoms with E-state index in [1.807, 2.05) is 6.07 Å². The van der Waals surface area contributed by atoms with Gasteiger partial charge in [-0.15, -0.1) is 0 Å². The van der Waals surface area contributed by atoms with Gasteiger partial charge in [-0.25, -0.2) is 8.78 Å². The summed E-state index contributed by atoms with van der Waals surface area (Å²) in [5.41, 5.74) is 6.04. The van der Waals surface area contributed by atoms with Gasteiger partial charge in [0.15, 0.2) is 0 Å². The quantitative estimate of drug-likeness (QED) is 0.851. The monoisotopic (exact) mass is 318 g/mol. The Balaban J connectivity index is 2.03. The molecule has 0 bridgehead atoms. The van der Waals surface area contributed by atoms with Gasteiger partial charge in [-0.3, -0.25) is 9.59 Å². The van der Waals surface area contributed by atoms with Gasteiger partial charge in [0, 0.05) is 12.0 Å². The van der Waals surface area contributed by atoms with Crippen molar-refractivity contribution in [2.24, 2.45) is 5.73 Å². The van der Waals surface area contributed by atoms with Crippen LogP contribution in [0.5, 0.6) is 0 Å². The second-order valence-electron chi connectivity index (χ2n) is 5.12. The van der Waals surface area contributed by atoms with Crippen LogP contribution in [0.1, 0.15) is 11.1 Å². The van der Waals surface area contributed by atoms with Crippen LogP contribution >= 0.6 is 0 Å². The predicted octanol–water partition coefficient (Wildman–Crippen LogP) is 1.72. The second kappa shape index (κ2) is 7.49. The van der Waals surface area contributed by atoms with E-state index in [-0.39, 0.29) is 18.4 Å². The number of nitrogens with two attached hydrogens (primary N) is 1. The molecule has 1 unspecified atom stereocenters. The molecule has 6 heteroatoms. The molecule has 2 aromatic rings. The molecule has 0 saturated heterocycles. The highest BCUT2D eigenvalue weighted by Crippen LogP contribution is 2.11. The molecule has 0 spiro atoms. The summed E-state index contributed by atoms with van der Waals surface area (Å²) in [7, 11) is 0. The fraction of sp³-hybridized carbons (Fsp3) is 0.176. The van der Waals surface area contributed by atoms with Crippen LogP contribution in [-0.2, 0) is 22.4 Å². The Hall–Kier alpha value is -2.76. The van der Waals surface area contributed by atoms with Crippen LogP contribution in [0.2, 0.25) is 0 Å². The molecule has 2 aromatic carbocycles. The van der Waals surface area contributed by atoms with Crippen LogP contribution in [0.3, 0.4) is 0 Å². The Kier molecular flexibility index (Phi) is 5.41. The van der Waals surface area contributed by atoms with Crippen molar-refractivity contribution in [1.82, 2.24) is 5.32 Å². The Morgan fingerprint density at radius 1 is 1.09 bits per heavy atom. The van der Waals surface area contributed by atoms with Crippen LogP contribution < -0.4 is 11.1 Å². The Bertz CT molecular complexity index is 705. The van der Waals surface area contributed by atoms with Crippen molar-refractivity contribution >= 4 is 11.8 Å². The third kappa shape index (κ3) is 4.88. The van der Waals surface area contributed by atoms with E-state index in [0.29, 0.717) is 0 Å². The van der Waals surface area contributed by atoms with Crippen LogP contribution in [0, 0.1) is 11.6 Å². The molecule has 2 amide bonds. The Morgan fingerprint density at radius 3 is 2.43 bits per heavy atom. The lowest BCUT2D eigenvalue weighted by Gasteiger charge is -2.16. The normalized spacial score (nSPS) is 11.7. The summed E-state index contributed by atoms with van der Waals surface area (Å²) in [6.45, 7) is 0. The van der Waals surface area contributed by atoms with Crippen molar-refractivity contribution in [1.29, 1.82) is 0 Å². The number of rotatable bonds is 6. The first kappa shape index (κ1) is 16.6. The zero-order valence-corrected chi connectivity index (χ0v) is 12.3. The highest BCUT2D eigenvalue weighted by Gasteiger charge is 2.19. The maximum Gasteiger partial charge on any atom is 0.240 e. The fourth-order valence-corrected chi connectivity index (χ4v) is 2.17. The highest BCUT2D eigenvalue weighted by atomic mass is 19.1. The van der Waals surface area contributed by atoms with E-state index in [1.165, 1.54) is 0 Å². The van der Waals surface area contributed by atoms with Gasteiger partial charge in [0.25, 0.3) is 0 Å². The van der Waals surface area contributed by atoms with E-state index in [9.17, 15) is 18.4 Å². The van der Waals surface area contributed by atoms with E-state index in [0.717, 1.165) is 23.8 Å². The minimum atomic E-state index is -0.915. The molecule has 0 fully saturated rings. The van der Waals surface area contributed by atoms with Gasteiger partial charge in [-0.1, -0.05) is 30.3 Å². The highest BCUT2D eigenvalue weighted by molar-refractivity contribution is 5.87. The summed E-state index contributed by atoms with van der Waals surface area (Å²) >= 11 is 0. The first-order valence-electron chi connectivity index (χ1n) is 7.02. The molecule has 0 aliphatic rings. The van der Waals surface area contributed by atoms with Gasteiger partial charge in [0.1, 0.15) is 17.7 Å². The summed E-state index contributed by atoms with van der Waals surface area (Å²) in [5.74, 6) is -2.61. The predicted molar refractivity (Wildman–Crippen MR) is 81.3 cm³/mol. The van der Waals surface area contributed by atoms with Crippen LogP contribution in [0.25, 0.3) is 0 Å². The molecule has 3 N–H and O–H groups in total. The molecule has 120 valence electrons. The Labute approximate surface area is 132 Å². The summed E-state index contributed by atoms with van der Waals surface area (Å²) in [6.07, 6.45) is -0.143. The van der Waals surface area contributed by atoms with Crippen molar-refractivity contribution in [3.63, 3.8) is 0 Å². The van der Waals surface area contributed by atoms with Crippen molar-refractivity contribution in [3.05, 3.63) is 71.3 Å². The van der Waals surface area contributed by atoms with E-state index in [2.05, 4.69) is 5.32 Å². The van der Waals surface area contributed by atoms with Gasteiger partial charge >= 0.3 is 0 Å². The minimum absolute atomic E-state index is 0.0783. The summed E-state index contributed by atoms with van der Waals surface area (Å²) in [5, 5.41) is 2.46. The molecular formula is C17H16F2N2O2. The number of hydrogen-bond donors (Lipinski definition) is 2. The van der Waals surface area contributed by atoms with Gasteiger partial charge in [-0.05, 0) is 23.8 Å². The molecule has 0 aliphatic carbocycles. The molecule has 0 radical (unpaired) electrons. The summed E-state index contributed by atoms with van der Waals surface area (Å²) in [4.78, 5) is 23.5. The van der Waals surface area contributed by atoms with Crippen LogP contribution in [0.15, 0.2) is 48.5 Å². The van der Waals surface area contributed by atoms with Crippen molar-refractivity contribution < 1.29 is 18.4 Å². The molecule has 23 heavy (non-hydrogen) atoms. The van der Waals surface area contributed by atoms with Crippen molar-refractivity contribution in [3.8, 4) is 0 Å². The van der Waals surface area contributed by atoms with Crippen molar-refractivity contribution in [2.75, 3.05) is 0 Å². The lowest BCUT2D eigenvalue weighted by molar-refractivity contribution is -0.127. The van der Waals surface area contributed by atoms with Gasteiger partial charge in [-0.2, -0.15) is 0 Å². The maximum atomic E-state index is 13.5. The molecule has 0 heterocycles. The number of halogens is 2. The average Bonchev–Trinajstić information content (AvgIpc) is 2.51. The van der Waals surface area contributed by atoms with Crippen molar-refractivity contribution in [2.45, 2.75) is 18.9 Å². The third-order valence-electron chi connectivity index (χ3n) is 3.32. The number of amides is 2. The number of benzene rings is 2. The number of hydrogen-bond acceptors (Lipinski definition) is 2. The molecule has 1 atom stereocenters. The van der Waals surface area contributed by atoms with Crippen LogP contribution in [0.4, 0.5) is 8.78 Å². The molecule has 4 nitrogen and oxygen atoms in total. The number of nitrogens with one attached hydrogen (secondary N) is 1. The largest absolute Gasteiger partial charge is 0.368 e. The summed E-state index contributed by atoms with van der Waals surface area (Å²) < 4.78 is 26.6. The molecule has 2 rings (SSSR count). The molecular weight excluding hydrogens is 302 g/mol. The summed E-state index contributed by atoms with van der Waals surface area (Å²) in [6, 6.07) is 11.0. The first-order chi connectivity index (χ1) is 11.0. The second-order valence-corrected chi connectivity index (χ2v) is 5.12. The topological polar surface area (TPSA) is 72.2 Å². The average molecular weight is 318 g/mol. The van der Waals surface area contributed by atoms with E-state index >= 15 is 0 Å². The minimum Gasteiger partial charge on any atom is -0.368 e. The van der Waals surface area contributed by atoms with Gasteiger partial charge < -0.3 is 11.1 Å². The SMILES string of the molecule is NC(=O)C(Cc1ccccc1)NC(=O)Cc1cc(F)ccc1F. The molecule has 0 saturated carbocycles. The lowest BCUT2D eigenvalue weighted by atomic mass is 10.0.